The monoisotopic (exact) mass is 341 g/mol. The van der Waals surface area contributed by atoms with E-state index >= 15 is 0 Å². The summed E-state index contributed by atoms with van der Waals surface area (Å²) in [6.07, 6.45) is 6.20. The minimum absolute atomic E-state index is 0.0567. The van der Waals surface area contributed by atoms with Crippen LogP contribution < -0.4 is 0 Å². The van der Waals surface area contributed by atoms with E-state index in [4.69, 9.17) is 5.11 Å². The highest BCUT2D eigenvalue weighted by molar-refractivity contribution is 8.03. The molecule has 22 heavy (non-hydrogen) atoms. The Morgan fingerprint density at radius 1 is 1.32 bits per heavy atom. The van der Waals surface area contributed by atoms with E-state index in [9.17, 15) is 14.4 Å². The zero-order chi connectivity index (χ0) is 15.9. The van der Waals surface area contributed by atoms with Gasteiger partial charge in [-0.2, -0.15) is 12.6 Å². The van der Waals surface area contributed by atoms with E-state index in [-0.39, 0.29) is 40.1 Å². The fourth-order valence-electron chi connectivity index (χ4n) is 3.69. The predicted octanol–water partition coefficient (Wildman–Crippen LogP) is 1.59. The first kappa shape index (κ1) is 15.9. The molecule has 3 aliphatic rings. The Morgan fingerprint density at radius 3 is 2.77 bits per heavy atom. The van der Waals surface area contributed by atoms with Gasteiger partial charge < -0.3 is 5.11 Å². The van der Waals surface area contributed by atoms with Crippen molar-refractivity contribution in [3.63, 3.8) is 0 Å². The second-order valence-corrected chi connectivity index (χ2v) is 7.95. The number of hydrogen-bond acceptors (Lipinski definition) is 5. The normalized spacial score (nSPS) is 35.5. The van der Waals surface area contributed by atoms with Crippen LogP contribution in [0.1, 0.15) is 25.7 Å². The fraction of sp³-hybridized carbons (Fsp3) is 0.667. The number of thioether (sulfide) groups is 1. The van der Waals surface area contributed by atoms with Gasteiger partial charge in [0.15, 0.2) is 0 Å². The molecule has 7 heteroatoms. The van der Waals surface area contributed by atoms with E-state index in [2.05, 4.69) is 18.7 Å². The third-order valence-electron chi connectivity index (χ3n) is 4.77. The first-order valence-electron chi connectivity index (χ1n) is 7.55. The average Bonchev–Trinajstić information content (AvgIpc) is 3.12. The second kappa shape index (κ2) is 5.92. The molecule has 0 spiro atoms. The number of carboxylic acids is 1. The number of thiol groups is 1. The molecule has 0 aromatic carbocycles. The number of rotatable bonds is 7. The quantitative estimate of drug-likeness (QED) is 0.318. The SMILES string of the molecule is O=C(O)CCCCCN1C(=O)C2C3C=CC(CS)(S3)C2C1=O. The number of unbranched alkanes of at least 4 members (excludes halogenated alkanes) is 2. The minimum Gasteiger partial charge on any atom is -0.481 e. The number of imide groups is 1. The molecule has 2 amide bonds. The van der Waals surface area contributed by atoms with E-state index in [1.807, 2.05) is 6.08 Å². The molecule has 0 radical (unpaired) electrons. The van der Waals surface area contributed by atoms with Crippen LogP contribution in [0.5, 0.6) is 0 Å². The Balaban J connectivity index is 1.61. The van der Waals surface area contributed by atoms with Crippen molar-refractivity contribution in [2.45, 2.75) is 35.7 Å². The summed E-state index contributed by atoms with van der Waals surface area (Å²) in [6, 6.07) is 0. The van der Waals surface area contributed by atoms with Crippen molar-refractivity contribution >= 4 is 42.2 Å². The Kier molecular flexibility index (Phi) is 4.29. The molecule has 3 rings (SSSR count). The Morgan fingerprint density at radius 2 is 2.09 bits per heavy atom. The maximum atomic E-state index is 12.7. The minimum atomic E-state index is -0.807. The van der Waals surface area contributed by atoms with E-state index in [0.717, 1.165) is 0 Å². The lowest BCUT2D eigenvalue weighted by molar-refractivity contribution is -0.140. The maximum absolute atomic E-state index is 12.7. The summed E-state index contributed by atoms with van der Waals surface area (Å²) in [4.78, 5) is 37.1. The van der Waals surface area contributed by atoms with Crippen LogP contribution in [0, 0.1) is 11.8 Å². The fourth-order valence-corrected chi connectivity index (χ4v) is 5.92. The summed E-state index contributed by atoms with van der Waals surface area (Å²) in [6.45, 7) is 0.407. The van der Waals surface area contributed by atoms with Crippen molar-refractivity contribution in [2.24, 2.45) is 11.8 Å². The second-order valence-electron chi connectivity index (χ2n) is 6.09. The number of nitrogens with zero attached hydrogens (tertiary/aromatic N) is 1. The van der Waals surface area contributed by atoms with Crippen molar-refractivity contribution in [3.8, 4) is 0 Å². The third kappa shape index (κ3) is 2.38. The van der Waals surface area contributed by atoms with Gasteiger partial charge in [-0.1, -0.05) is 18.6 Å². The standard InChI is InChI=1S/C15H19NO4S2/c17-10(18)4-2-1-3-7-16-13(19)11-9-5-6-15(8-21,22-9)12(11)14(16)20/h5-6,9,11-12,21H,1-4,7-8H2,(H,17,18). The van der Waals surface area contributed by atoms with Crippen molar-refractivity contribution < 1.29 is 19.5 Å². The van der Waals surface area contributed by atoms with E-state index < -0.39 is 5.97 Å². The largest absolute Gasteiger partial charge is 0.481 e. The van der Waals surface area contributed by atoms with Gasteiger partial charge in [0.25, 0.3) is 0 Å². The summed E-state index contributed by atoms with van der Waals surface area (Å²) in [5.74, 6) is -0.860. The molecule has 120 valence electrons. The number of fused-ring (bicyclic) bond motifs is 5. The Bertz CT molecular complexity index is 550. The van der Waals surface area contributed by atoms with Crippen LogP contribution in [-0.4, -0.2) is 50.1 Å². The lowest BCUT2D eigenvalue weighted by atomic mass is 9.78. The summed E-state index contributed by atoms with van der Waals surface area (Å²) in [5.41, 5.74) is 0. The van der Waals surface area contributed by atoms with Gasteiger partial charge in [-0.05, 0) is 12.8 Å². The molecule has 1 N–H and O–H groups in total. The van der Waals surface area contributed by atoms with E-state index in [0.29, 0.717) is 31.6 Å². The smallest absolute Gasteiger partial charge is 0.303 e. The number of hydrogen-bond donors (Lipinski definition) is 2. The van der Waals surface area contributed by atoms with Gasteiger partial charge >= 0.3 is 5.97 Å². The van der Waals surface area contributed by atoms with E-state index in [1.54, 1.807) is 11.8 Å². The molecule has 0 aliphatic carbocycles. The van der Waals surface area contributed by atoms with Gasteiger partial charge in [-0.25, -0.2) is 0 Å². The number of aliphatic carboxylic acids is 1. The third-order valence-corrected chi connectivity index (χ3v) is 7.20. The lowest BCUT2D eigenvalue weighted by Gasteiger charge is -2.27. The highest BCUT2D eigenvalue weighted by Crippen LogP contribution is 2.60. The molecule has 4 unspecified atom stereocenters. The summed E-state index contributed by atoms with van der Waals surface area (Å²) < 4.78 is -0.316. The van der Waals surface area contributed by atoms with Crippen molar-refractivity contribution in [2.75, 3.05) is 12.3 Å². The molecular formula is C15H19NO4S2. The van der Waals surface area contributed by atoms with Gasteiger partial charge in [0, 0.05) is 24.0 Å². The van der Waals surface area contributed by atoms with Crippen LogP contribution in [0.25, 0.3) is 0 Å². The van der Waals surface area contributed by atoms with Crippen LogP contribution in [0.4, 0.5) is 0 Å². The number of carbonyl (C=O) groups is 3. The lowest BCUT2D eigenvalue weighted by Crippen LogP contribution is -2.39. The topological polar surface area (TPSA) is 74.7 Å². The Labute approximate surface area is 138 Å². The summed E-state index contributed by atoms with van der Waals surface area (Å²) in [5, 5.41) is 8.71. The first-order chi connectivity index (χ1) is 10.5. The van der Waals surface area contributed by atoms with Crippen molar-refractivity contribution in [1.82, 2.24) is 4.90 Å². The van der Waals surface area contributed by atoms with E-state index in [1.165, 1.54) is 4.90 Å². The highest BCUT2D eigenvalue weighted by atomic mass is 32.2. The molecule has 2 saturated heterocycles. The van der Waals surface area contributed by atoms with Gasteiger partial charge in [0.05, 0.1) is 16.6 Å². The molecule has 4 atom stereocenters. The highest BCUT2D eigenvalue weighted by Gasteiger charge is 2.66. The summed E-state index contributed by atoms with van der Waals surface area (Å²) in [7, 11) is 0. The Hall–Kier alpha value is -0.950. The van der Waals surface area contributed by atoms with Gasteiger partial charge in [-0.3, -0.25) is 19.3 Å². The molecule has 3 aliphatic heterocycles. The summed E-state index contributed by atoms with van der Waals surface area (Å²) >= 11 is 6.09. The van der Waals surface area contributed by atoms with Crippen LogP contribution in [-0.2, 0) is 14.4 Å². The zero-order valence-electron chi connectivity index (χ0n) is 12.1. The average molecular weight is 341 g/mol. The number of carbonyl (C=O) groups excluding carboxylic acids is 2. The molecule has 0 saturated carbocycles. The molecule has 2 fully saturated rings. The molecule has 0 aromatic heterocycles. The number of carboxylic acid groups (broad SMARTS) is 1. The molecule has 5 nitrogen and oxygen atoms in total. The van der Waals surface area contributed by atoms with Gasteiger partial charge in [-0.15, -0.1) is 11.8 Å². The van der Waals surface area contributed by atoms with Crippen molar-refractivity contribution in [1.29, 1.82) is 0 Å². The van der Waals surface area contributed by atoms with Gasteiger partial charge in [0.2, 0.25) is 11.8 Å². The first-order valence-corrected chi connectivity index (χ1v) is 9.06. The van der Waals surface area contributed by atoms with Crippen LogP contribution in [0.3, 0.4) is 0 Å². The molecule has 3 heterocycles. The van der Waals surface area contributed by atoms with Gasteiger partial charge in [0.1, 0.15) is 0 Å². The van der Waals surface area contributed by atoms with Crippen LogP contribution in [0.15, 0.2) is 12.2 Å². The maximum Gasteiger partial charge on any atom is 0.303 e. The molecule has 0 aromatic rings. The van der Waals surface area contributed by atoms with Crippen LogP contribution >= 0.6 is 24.4 Å². The van der Waals surface area contributed by atoms with Crippen molar-refractivity contribution in [3.05, 3.63) is 12.2 Å². The number of likely N-dealkylation sites (tertiary alicyclic amines) is 1. The zero-order valence-corrected chi connectivity index (χ0v) is 13.8. The number of amides is 2. The predicted molar refractivity (Wildman–Crippen MR) is 86.9 cm³/mol. The molecule has 2 bridgehead atoms. The van der Waals surface area contributed by atoms with Crippen LogP contribution in [0.2, 0.25) is 0 Å². The molecular weight excluding hydrogens is 322 g/mol.